The van der Waals surface area contributed by atoms with Crippen LogP contribution in [0.3, 0.4) is 0 Å². The Balaban J connectivity index is 1.76. The Morgan fingerprint density at radius 1 is 0.968 bits per heavy atom. The number of amides is 1. The number of benzene rings is 3. The van der Waals surface area contributed by atoms with Gasteiger partial charge in [0.05, 0.1) is 11.7 Å². The number of carbonyl (C=O) groups is 1. The Morgan fingerprint density at radius 3 is 2.32 bits per heavy atom. The van der Waals surface area contributed by atoms with Crippen LogP contribution in [-0.2, 0) is 14.8 Å². The molecule has 0 saturated heterocycles. The highest BCUT2D eigenvalue weighted by Gasteiger charge is 2.32. The van der Waals surface area contributed by atoms with Gasteiger partial charge < -0.3 is 4.90 Å². The molecular formula is C22H20N4O3S2. The van der Waals surface area contributed by atoms with Gasteiger partial charge in [-0.05, 0) is 36.8 Å². The van der Waals surface area contributed by atoms with Crippen molar-refractivity contribution in [1.82, 2.24) is 13.5 Å². The Morgan fingerprint density at radius 2 is 1.65 bits per heavy atom. The summed E-state index contributed by atoms with van der Waals surface area (Å²) in [5.41, 5.74) is 2.03. The summed E-state index contributed by atoms with van der Waals surface area (Å²) in [6.45, 7) is 2.24. The van der Waals surface area contributed by atoms with Crippen LogP contribution >= 0.6 is 11.7 Å². The van der Waals surface area contributed by atoms with E-state index in [0.717, 1.165) is 11.7 Å². The summed E-state index contributed by atoms with van der Waals surface area (Å²) in [7, 11) is -4.07. The zero-order valence-electron chi connectivity index (χ0n) is 16.7. The van der Waals surface area contributed by atoms with E-state index >= 15 is 0 Å². The minimum Gasteiger partial charge on any atom is -0.311 e. The van der Waals surface area contributed by atoms with Crippen LogP contribution in [0.5, 0.6) is 0 Å². The molecule has 0 bridgehead atoms. The molecule has 1 aromatic heterocycles. The summed E-state index contributed by atoms with van der Waals surface area (Å²) in [5, 5.41) is 0. The van der Waals surface area contributed by atoms with Crippen LogP contribution in [0.25, 0.3) is 11.0 Å². The van der Waals surface area contributed by atoms with Gasteiger partial charge in [-0.15, -0.1) is 0 Å². The zero-order chi connectivity index (χ0) is 21.8. The lowest BCUT2D eigenvalue weighted by Crippen LogP contribution is -2.43. The lowest BCUT2D eigenvalue weighted by atomic mass is 10.1. The third-order valence-electron chi connectivity index (χ3n) is 4.84. The van der Waals surface area contributed by atoms with Crippen molar-refractivity contribution in [2.75, 3.05) is 11.4 Å². The number of para-hydroxylation sites is 1. The summed E-state index contributed by atoms with van der Waals surface area (Å²) in [4.78, 5) is 15.1. The van der Waals surface area contributed by atoms with E-state index in [1.165, 1.54) is 6.07 Å². The maximum absolute atomic E-state index is 13.6. The largest absolute Gasteiger partial charge is 0.311 e. The van der Waals surface area contributed by atoms with Gasteiger partial charge in [0.2, 0.25) is 15.9 Å². The topological polar surface area (TPSA) is 92.3 Å². The summed E-state index contributed by atoms with van der Waals surface area (Å²) in [6.07, 6.45) is 0. The van der Waals surface area contributed by atoms with E-state index in [1.54, 1.807) is 41.3 Å². The number of hydrogen-bond acceptors (Lipinski definition) is 6. The molecule has 0 unspecified atom stereocenters. The SMILES string of the molecule is CCN(C(=O)[C@H](NS(=O)(=O)c1cccc2nsnc12)c1ccccc1)c1ccccc1. The molecule has 0 radical (unpaired) electrons. The minimum absolute atomic E-state index is 0.00441. The lowest BCUT2D eigenvalue weighted by molar-refractivity contribution is -0.120. The van der Waals surface area contributed by atoms with E-state index < -0.39 is 16.1 Å². The quantitative estimate of drug-likeness (QED) is 0.461. The van der Waals surface area contributed by atoms with Gasteiger partial charge in [-0.2, -0.15) is 13.5 Å². The van der Waals surface area contributed by atoms with Gasteiger partial charge in [0.25, 0.3) is 0 Å². The van der Waals surface area contributed by atoms with Gasteiger partial charge in [-0.1, -0.05) is 54.6 Å². The van der Waals surface area contributed by atoms with Crippen LogP contribution in [0.1, 0.15) is 18.5 Å². The van der Waals surface area contributed by atoms with Gasteiger partial charge in [0.1, 0.15) is 22.0 Å². The molecule has 0 fully saturated rings. The fraction of sp³-hybridized carbons (Fsp3) is 0.136. The van der Waals surface area contributed by atoms with E-state index in [1.807, 2.05) is 43.3 Å². The molecule has 4 aromatic rings. The number of rotatable bonds is 7. The number of sulfonamides is 1. The molecule has 7 nitrogen and oxygen atoms in total. The second-order valence-corrected chi connectivity index (χ2v) is 8.98. The van der Waals surface area contributed by atoms with Crippen LogP contribution in [-0.4, -0.2) is 29.6 Å². The highest BCUT2D eigenvalue weighted by molar-refractivity contribution is 7.89. The minimum atomic E-state index is -4.07. The second kappa shape index (κ2) is 8.93. The number of fused-ring (bicyclic) bond motifs is 1. The molecule has 0 aliphatic heterocycles. The number of nitrogens with one attached hydrogen (secondary N) is 1. The van der Waals surface area contributed by atoms with Crippen molar-refractivity contribution >= 4 is 44.4 Å². The summed E-state index contributed by atoms with van der Waals surface area (Å²) < 4.78 is 37.5. The van der Waals surface area contributed by atoms with Crippen molar-refractivity contribution in [3.8, 4) is 0 Å². The van der Waals surface area contributed by atoms with Crippen molar-refractivity contribution in [1.29, 1.82) is 0 Å². The Labute approximate surface area is 184 Å². The Hall–Kier alpha value is -3.14. The fourth-order valence-corrected chi connectivity index (χ4v) is 5.30. The third kappa shape index (κ3) is 4.34. The maximum Gasteiger partial charge on any atom is 0.249 e. The first-order chi connectivity index (χ1) is 15.0. The number of carbonyl (C=O) groups excluding carboxylic acids is 1. The van der Waals surface area contributed by atoms with Crippen LogP contribution in [0.15, 0.2) is 83.8 Å². The molecule has 9 heteroatoms. The number of aromatic nitrogens is 2. The first-order valence-electron chi connectivity index (χ1n) is 9.66. The number of anilines is 1. The standard InChI is InChI=1S/C22H20N4O3S2/c1-2-26(17-12-7-4-8-13-17)22(27)20(16-10-5-3-6-11-16)25-31(28,29)19-15-9-14-18-21(19)24-30-23-18/h3-15,20,25H,2H2,1H3/t20-/m1/s1. The molecule has 1 atom stereocenters. The van der Waals surface area contributed by atoms with Gasteiger partial charge in [0, 0.05) is 12.2 Å². The first kappa shape index (κ1) is 21.1. The predicted octanol–water partition coefficient (Wildman–Crippen LogP) is 3.76. The van der Waals surface area contributed by atoms with Gasteiger partial charge in [-0.25, -0.2) is 8.42 Å². The molecule has 1 heterocycles. The molecular weight excluding hydrogens is 432 g/mol. The first-order valence-corrected chi connectivity index (χ1v) is 11.9. The smallest absolute Gasteiger partial charge is 0.249 e. The molecule has 0 saturated carbocycles. The summed E-state index contributed by atoms with van der Waals surface area (Å²) >= 11 is 0.943. The maximum atomic E-state index is 13.6. The average molecular weight is 453 g/mol. The average Bonchev–Trinajstić information content (AvgIpc) is 3.28. The molecule has 31 heavy (non-hydrogen) atoms. The van der Waals surface area contributed by atoms with Crippen molar-refractivity contribution in [2.24, 2.45) is 0 Å². The molecule has 1 N–H and O–H groups in total. The van der Waals surface area contributed by atoms with Crippen LogP contribution in [0.2, 0.25) is 0 Å². The number of nitrogens with zero attached hydrogens (tertiary/aromatic N) is 3. The molecule has 0 aliphatic carbocycles. The van der Waals surface area contributed by atoms with Crippen molar-refractivity contribution in [3.05, 3.63) is 84.4 Å². The lowest BCUT2D eigenvalue weighted by Gasteiger charge is -2.27. The normalized spacial score (nSPS) is 12.5. The van der Waals surface area contributed by atoms with Crippen molar-refractivity contribution < 1.29 is 13.2 Å². The highest BCUT2D eigenvalue weighted by atomic mass is 32.2. The van der Waals surface area contributed by atoms with Crippen molar-refractivity contribution in [3.63, 3.8) is 0 Å². The fourth-order valence-electron chi connectivity index (χ4n) is 3.35. The van der Waals surface area contributed by atoms with Crippen molar-refractivity contribution in [2.45, 2.75) is 17.9 Å². The van der Waals surface area contributed by atoms with E-state index in [2.05, 4.69) is 13.5 Å². The predicted molar refractivity (Wildman–Crippen MR) is 121 cm³/mol. The van der Waals surface area contributed by atoms with Crippen LogP contribution in [0, 0.1) is 0 Å². The van der Waals surface area contributed by atoms with E-state index in [4.69, 9.17) is 0 Å². The number of likely N-dealkylation sites (N-methyl/N-ethyl adjacent to an activating group) is 1. The highest BCUT2D eigenvalue weighted by Crippen LogP contribution is 2.26. The molecule has 158 valence electrons. The molecule has 1 amide bonds. The van der Waals surface area contributed by atoms with E-state index in [9.17, 15) is 13.2 Å². The van der Waals surface area contributed by atoms with E-state index in [-0.39, 0.29) is 16.3 Å². The number of hydrogen-bond donors (Lipinski definition) is 1. The molecule has 0 spiro atoms. The van der Waals surface area contributed by atoms with Crippen LogP contribution < -0.4 is 9.62 Å². The van der Waals surface area contributed by atoms with E-state index in [0.29, 0.717) is 23.3 Å². The summed E-state index contributed by atoms with van der Waals surface area (Å²) in [5.74, 6) is -0.368. The summed E-state index contributed by atoms with van der Waals surface area (Å²) in [6, 6.07) is 21.7. The monoisotopic (exact) mass is 452 g/mol. The molecule has 4 rings (SSSR count). The van der Waals surface area contributed by atoms with Gasteiger partial charge >= 0.3 is 0 Å². The third-order valence-corrected chi connectivity index (χ3v) is 6.84. The second-order valence-electron chi connectivity index (χ2n) is 6.77. The molecule has 3 aromatic carbocycles. The van der Waals surface area contributed by atoms with Gasteiger partial charge in [0.15, 0.2) is 0 Å². The Kier molecular flexibility index (Phi) is 6.08. The van der Waals surface area contributed by atoms with Crippen LogP contribution in [0.4, 0.5) is 5.69 Å². The Bertz CT molecular complexity index is 1290. The van der Waals surface area contributed by atoms with Gasteiger partial charge in [-0.3, -0.25) is 4.79 Å². The molecule has 0 aliphatic rings. The zero-order valence-corrected chi connectivity index (χ0v) is 18.3.